The van der Waals surface area contributed by atoms with E-state index >= 15 is 0 Å². The average molecular weight is 243 g/mol. The Hall–Kier alpha value is -2.30. The van der Waals surface area contributed by atoms with Crippen LogP contribution in [0.4, 0.5) is 4.39 Å². The number of pyridine rings is 1. The summed E-state index contributed by atoms with van der Waals surface area (Å²) in [5.41, 5.74) is 2.31. The van der Waals surface area contributed by atoms with Crippen LogP contribution in [0.25, 0.3) is 22.4 Å². The van der Waals surface area contributed by atoms with Gasteiger partial charge in [0.1, 0.15) is 5.82 Å². The van der Waals surface area contributed by atoms with Crippen molar-refractivity contribution in [1.82, 2.24) is 15.1 Å². The molecule has 0 fully saturated rings. The van der Waals surface area contributed by atoms with Gasteiger partial charge in [-0.2, -0.15) is 4.98 Å². The highest BCUT2D eigenvalue weighted by Crippen LogP contribution is 2.29. The van der Waals surface area contributed by atoms with Crippen LogP contribution in [0.5, 0.6) is 0 Å². The van der Waals surface area contributed by atoms with Crippen molar-refractivity contribution in [3.8, 4) is 11.5 Å². The molecule has 0 aliphatic carbocycles. The minimum atomic E-state index is -0.313. The van der Waals surface area contributed by atoms with Crippen LogP contribution in [0, 0.1) is 19.7 Å². The summed E-state index contributed by atoms with van der Waals surface area (Å²) in [7, 11) is 0. The second kappa shape index (κ2) is 3.87. The van der Waals surface area contributed by atoms with E-state index in [1.807, 2.05) is 6.92 Å². The average Bonchev–Trinajstić information content (AvgIpc) is 2.75. The van der Waals surface area contributed by atoms with Gasteiger partial charge >= 0.3 is 0 Å². The molecule has 4 nitrogen and oxygen atoms in total. The molecule has 5 heteroatoms. The monoisotopic (exact) mass is 243 g/mol. The van der Waals surface area contributed by atoms with E-state index in [-0.39, 0.29) is 5.82 Å². The van der Waals surface area contributed by atoms with Gasteiger partial charge in [-0.25, -0.2) is 4.39 Å². The fourth-order valence-corrected chi connectivity index (χ4v) is 1.95. The first-order chi connectivity index (χ1) is 8.65. The first kappa shape index (κ1) is 10.8. The minimum Gasteiger partial charge on any atom is -0.334 e. The summed E-state index contributed by atoms with van der Waals surface area (Å²) in [6.07, 6.45) is 1.72. The van der Waals surface area contributed by atoms with Gasteiger partial charge in [0.25, 0.3) is 5.89 Å². The maximum absolute atomic E-state index is 13.4. The molecular formula is C13H10FN3O. The summed E-state index contributed by atoms with van der Waals surface area (Å²) in [6.45, 7) is 3.62. The topological polar surface area (TPSA) is 51.8 Å². The molecule has 1 aromatic carbocycles. The van der Waals surface area contributed by atoms with Gasteiger partial charge in [-0.05, 0) is 37.6 Å². The van der Waals surface area contributed by atoms with Crippen molar-refractivity contribution in [1.29, 1.82) is 0 Å². The first-order valence-electron chi connectivity index (χ1n) is 5.51. The van der Waals surface area contributed by atoms with Crippen molar-refractivity contribution in [2.45, 2.75) is 13.8 Å². The summed E-state index contributed by atoms with van der Waals surface area (Å²) in [5.74, 6) is 0.626. The molecule has 90 valence electrons. The van der Waals surface area contributed by atoms with Crippen LogP contribution in [0.2, 0.25) is 0 Å². The Kier molecular flexibility index (Phi) is 2.33. The molecule has 2 aromatic heterocycles. The lowest BCUT2D eigenvalue weighted by atomic mass is 10.0. The maximum atomic E-state index is 13.4. The summed E-state index contributed by atoms with van der Waals surface area (Å²) < 4.78 is 18.5. The molecule has 0 atom stereocenters. The van der Waals surface area contributed by atoms with Gasteiger partial charge in [0.05, 0.1) is 11.1 Å². The van der Waals surface area contributed by atoms with Crippen LogP contribution in [-0.4, -0.2) is 15.1 Å². The van der Waals surface area contributed by atoms with E-state index in [2.05, 4.69) is 15.1 Å². The zero-order valence-corrected chi connectivity index (χ0v) is 9.94. The van der Waals surface area contributed by atoms with Crippen LogP contribution in [0.1, 0.15) is 11.4 Å². The van der Waals surface area contributed by atoms with E-state index < -0.39 is 0 Å². The van der Waals surface area contributed by atoms with E-state index in [0.717, 1.165) is 11.1 Å². The van der Waals surface area contributed by atoms with Crippen LogP contribution in [0.3, 0.4) is 0 Å². The zero-order valence-electron chi connectivity index (χ0n) is 9.94. The highest BCUT2D eigenvalue weighted by molar-refractivity contribution is 5.93. The summed E-state index contributed by atoms with van der Waals surface area (Å²) in [4.78, 5) is 8.45. The molecular weight excluding hydrogens is 233 g/mol. The van der Waals surface area contributed by atoms with Crippen molar-refractivity contribution >= 4 is 10.9 Å². The van der Waals surface area contributed by atoms with Gasteiger partial charge in [0.2, 0.25) is 0 Å². The third-order valence-electron chi connectivity index (χ3n) is 2.76. The molecule has 0 N–H and O–H groups in total. The number of aromatic nitrogens is 3. The van der Waals surface area contributed by atoms with Crippen molar-refractivity contribution in [3.63, 3.8) is 0 Å². The Morgan fingerprint density at radius 1 is 1.22 bits per heavy atom. The molecule has 0 amide bonds. The van der Waals surface area contributed by atoms with Gasteiger partial charge in [-0.1, -0.05) is 5.16 Å². The van der Waals surface area contributed by atoms with E-state index in [4.69, 9.17) is 4.52 Å². The molecule has 2 heterocycles. The molecule has 0 aliphatic rings. The highest BCUT2D eigenvalue weighted by Gasteiger charge is 2.14. The molecule has 18 heavy (non-hydrogen) atoms. The molecule has 3 rings (SSSR count). The molecule has 0 radical (unpaired) electrons. The Morgan fingerprint density at radius 2 is 2.06 bits per heavy atom. The lowest BCUT2D eigenvalue weighted by Gasteiger charge is -2.05. The molecule has 0 unspecified atom stereocenters. The van der Waals surface area contributed by atoms with Crippen molar-refractivity contribution < 1.29 is 8.91 Å². The molecule has 0 aliphatic heterocycles. The first-order valence-corrected chi connectivity index (χ1v) is 5.51. The predicted molar refractivity (Wildman–Crippen MR) is 64.5 cm³/mol. The minimum absolute atomic E-state index is 0.313. The van der Waals surface area contributed by atoms with Crippen LogP contribution >= 0.6 is 0 Å². The smallest absolute Gasteiger partial charge is 0.258 e. The molecule has 0 bridgehead atoms. The zero-order chi connectivity index (χ0) is 12.7. The summed E-state index contributed by atoms with van der Waals surface area (Å²) in [6, 6.07) is 4.45. The Labute approximate surface area is 102 Å². The standard InChI is InChI=1S/C13H10FN3O/c1-7-6-15-11-4-3-9(14)5-10(11)12(7)13-16-8(2)17-18-13/h3-6H,1-2H3. The summed E-state index contributed by atoms with van der Waals surface area (Å²) >= 11 is 0. The number of fused-ring (bicyclic) bond motifs is 1. The van der Waals surface area contributed by atoms with Crippen LogP contribution in [0.15, 0.2) is 28.9 Å². The number of hydrogen-bond donors (Lipinski definition) is 0. The Balaban J connectivity index is 2.39. The van der Waals surface area contributed by atoms with Crippen molar-refractivity contribution in [2.24, 2.45) is 0 Å². The van der Waals surface area contributed by atoms with Gasteiger partial charge in [-0.15, -0.1) is 0 Å². The normalized spacial score (nSPS) is 11.1. The van der Waals surface area contributed by atoms with Crippen LogP contribution < -0.4 is 0 Å². The van der Waals surface area contributed by atoms with Crippen molar-refractivity contribution in [2.75, 3.05) is 0 Å². The van der Waals surface area contributed by atoms with Crippen molar-refractivity contribution in [3.05, 3.63) is 41.6 Å². The van der Waals surface area contributed by atoms with Crippen LogP contribution in [-0.2, 0) is 0 Å². The molecule has 3 aromatic rings. The molecule has 0 saturated heterocycles. The number of nitrogens with zero attached hydrogens (tertiary/aromatic N) is 3. The quantitative estimate of drug-likeness (QED) is 0.659. The largest absolute Gasteiger partial charge is 0.334 e. The number of aryl methyl sites for hydroxylation is 2. The molecule has 0 spiro atoms. The summed E-state index contributed by atoms with van der Waals surface area (Å²) in [5, 5.41) is 4.44. The van der Waals surface area contributed by atoms with Gasteiger partial charge in [0.15, 0.2) is 5.82 Å². The highest BCUT2D eigenvalue weighted by atomic mass is 19.1. The fourth-order valence-electron chi connectivity index (χ4n) is 1.95. The number of benzene rings is 1. The number of rotatable bonds is 1. The third-order valence-corrected chi connectivity index (χ3v) is 2.76. The van der Waals surface area contributed by atoms with E-state index in [9.17, 15) is 4.39 Å². The third kappa shape index (κ3) is 1.64. The van der Waals surface area contributed by atoms with E-state index in [1.165, 1.54) is 12.1 Å². The fraction of sp³-hybridized carbons (Fsp3) is 0.154. The molecule has 0 saturated carbocycles. The SMILES string of the molecule is Cc1noc(-c2c(C)cnc3ccc(F)cc23)n1. The number of hydrogen-bond acceptors (Lipinski definition) is 4. The van der Waals surface area contributed by atoms with E-state index in [1.54, 1.807) is 19.2 Å². The maximum Gasteiger partial charge on any atom is 0.258 e. The van der Waals surface area contributed by atoms with Gasteiger partial charge in [0, 0.05) is 11.6 Å². The second-order valence-electron chi connectivity index (χ2n) is 4.12. The predicted octanol–water partition coefficient (Wildman–Crippen LogP) is 3.04. The Morgan fingerprint density at radius 3 is 2.78 bits per heavy atom. The second-order valence-corrected chi connectivity index (χ2v) is 4.12. The van der Waals surface area contributed by atoms with E-state index in [0.29, 0.717) is 22.6 Å². The lowest BCUT2D eigenvalue weighted by molar-refractivity contribution is 0.426. The Bertz CT molecular complexity index is 731. The number of halogens is 1. The lowest BCUT2D eigenvalue weighted by Crippen LogP contribution is -1.90. The van der Waals surface area contributed by atoms with Gasteiger partial charge < -0.3 is 4.52 Å². The van der Waals surface area contributed by atoms with Gasteiger partial charge in [-0.3, -0.25) is 4.98 Å².